The highest BCUT2D eigenvalue weighted by molar-refractivity contribution is 5.84. The molecular weight excluding hydrogens is 266 g/mol. The Labute approximate surface area is 124 Å². The molecule has 2 heterocycles. The van der Waals surface area contributed by atoms with E-state index in [-0.39, 0.29) is 24.4 Å². The summed E-state index contributed by atoms with van der Waals surface area (Å²) in [6.07, 6.45) is 0. The molecule has 0 saturated carbocycles. The molecule has 3 rings (SSSR count). The Bertz CT molecular complexity index is 532. The number of hydrogen-bond acceptors (Lipinski definition) is 3. The van der Waals surface area contributed by atoms with Gasteiger partial charge >= 0.3 is 0 Å². The summed E-state index contributed by atoms with van der Waals surface area (Å²) in [5.74, 6) is 0.819. The second-order valence-corrected chi connectivity index (χ2v) is 5.89. The first-order valence-corrected chi connectivity index (χ1v) is 7.46. The molecule has 5 heteroatoms. The van der Waals surface area contributed by atoms with Crippen LogP contribution >= 0.6 is 0 Å². The van der Waals surface area contributed by atoms with E-state index in [2.05, 4.69) is 22.8 Å². The van der Waals surface area contributed by atoms with Crippen LogP contribution in [0.1, 0.15) is 18.5 Å². The van der Waals surface area contributed by atoms with Crippen molar-refractivity contribution in [3.63, 3.8) is 0 Å². The minimum atomic E-state index is -0.166. The molecule has 112 valence electrons. The first-order valence-electron chi connectivity index (χ1n) is 7.46. The molecule has 0 unspecified atom stereocenters. The van der Waals surface area contributed by atoms with Crippen molar-refractivity contribution in [3.05, 3.63) is 35.9 Å². The van der Waals surface area contributed by atoms with Crippen molar-refractivity contribution >= 4 is 11.8 Å². The Morgan fingerprint density at radius 3 is 2.76 bits per heavy atom. The largest absolute Gasteiger partial charge is 0.347 e. The van der Waals surface area contributed by atoms with Crippen LogP contribution in [-0.2, 0) is 9.59 Å². The summed E-state index contributed by atoms with van der Waals surface area (Å²) in [6, 6.07) is 10.3. The van der Waals surface area contributed by atoms with Gasteiger partial charge in [0.2, 0.25) is 11.8 Å². The van der Waals surface area contributed by atoms with E-state index in [1.54, 1.807) is 0 Å². The van der Waals surface area contributed by atoms with Gasteiger partial charge in [-0.2, -0.15) is 0 Å². The highest BCUT2D eigenvalue weighted by Gasteiger charge is 2.46. The molecule has 0 bridgehead atoms. The van der Waals surface area contributed by atoms with Crippen molar-refractivity contribution in [2.24, 2.45) is 11.8 Å². The van der Waals surface area contributed by atoms with Crippen molar-refractivity contribution in [1.82, 2.24) is 15.5 Å². The van der Waals surface area contributed by atoms with Crippen LogP contribution in [0.3, 0.4) is 0 Å². The van der Waals surface area contributed by atoms with Gasteiger partial charge in [-0.1, -0.05) is 30.3 Å². The van der Waals surface area contributed by atoms with E-state index < -0.39 is 0 Å². The topological polar surface area (TPSA) is 61.4 Å². The fraction of sp³-hybridized carbons (Fsp3) is 0.500. The molecule has 2 saturated heterocycles. The predicted octanol–water partition coefficient (Wildman–Crippen LogP) is 0.542. The van der Waals surface area contributed by atoms with E-state index >= 15 is 0 Å². The zero-order valence-electron chi connectivity index (χ0n) is 12.2. The lowest BCUT2D eigenvalue weighted by Gasteiger charge is -2.28. The van der Waals surface area contributed by atoms with E-state index in [9.17, 15) is 9.59 Å². The molecule has 2 N–H and O–H groups in total. The Balaban J connectivity index is 1.81. The van der Waals surface area contributed by atoms with Gasteiger partial charge in [0.25, 0.3) is 0 Å². The SMILES string of the molecule is CC(=O)NCC(=O)N1C[C@@H]2CNC[C@@H]2[C@@H]1c1ccccc1. The summed E-state index contributed by atoms with van der Waals surface area (Å²) in [7, 11) is 0. The number of likely N-dealkylation sites (tertiary alicyclic amines) is 1. The number of amides is 2. The molecule has 1 aromatic carbocycles. The van der Waals surface area contributed by atoms with E-state index in [4.69, 9.17) is 0 Å². The Kier molecular flexibility index (Phi) is 3.92. The van der Waals surface area contributed by atoms with Gasteiger partial charge in [-0.3, -0.25) is 9.59 Å². The van der Waals surface area contributed by atoms with Crippen LogP contribution in [0.4, 0.5) is 0 Å². The van der Waals surface area contributed by atoms with Gasteiger partial charge in [-0.15, -0.1) is 0 Å². The van der Waals surface area contributed by atoms with Crippen LogP contribution in [0.2, 0.25) is 0 Å². The Morgan fingerprint density at radius 2 is 2.05 bits per heavy atom. The van der Waals surface area contributed by atoms with Gasteiger partial charge in [0.05, 0.1) is 12.6 Å². The van der Waals surface area contributed by atoms with Crippen LogP contribution < -0.4 is 10.6 Å². The standard InChI is InChI=1S/C16H21N3O2/c1-11(20)18-9-15(21)19-10-13-7-17-8-14(13)16(19)12-5-3-2-4-6-12/h2-6,13-14,16-17H,7-10H2,1H3,(H,18,20)/t13-,14-,16-/m0/s1. The summed E-state index contributed by atoms with van der Waals surface area (Å²) in [5.41, 5.74) is 1.19. The molecule has 0 aromatic heterocycles. The number of carbonyl (C=O) groups excluding carboxylic acids is 2. The zero-order valence-corrected chi connectivity index (χ0v) is 12.2. The molecular formula is C16H21N3O2. The van der Waals surface area contributed by atoms with Crippen LogP contribution in [0, 0.1) is 11.8 Å². The van der Waals surface area contributed by atoms with Crippen molar-refractivity contribution in [2.75, 3.05) is 26.2 Å². The normalized spacial score (nSPS) is 27.5. The molecule has 2 aliphatic rings. The maximum atomic E-state index is 12.5. The Morgan fingerprint density at radius 1 is 1.29 bits per heavy atom. The monoisotopic (exact) mass is 287 g/mol. The maximum Gasteiger partial charge on any atom is 0.242 e. The van der Waals surface area contributed by atoms with Crippen molar-refractivity contribution in [3.8, 4) is 0 Å². The van der Waals surface area contributed by atoms with Gasteiger partial charge in [0.1, 0.15) is 0 Å². The van der Waals surface area contributed by atoms with Crippen molar-refractivity contribution in [1.29, 1.82) is 0 Å². The van der Waals surface area contributed by atoms with Crippen molar-refractivity contribution < 1.29 is 9.59 Å². The lowest BCUT2D eigenvalue weighted by Crippen LogP contribution is -2.41. The number of nitrogens with one attached hydrogen (secondary N) is 2. The average Bonchev–Trinajstić information content (AvgIpc) is 3.05. The Hall–Kier alpha value is -1.88. The maximum absolute atomic E-state index is 12.5. The van der Waals surface area contributed by atoms with Crippen molar-refractivity contribution in [2.45, 2.75) is 13.0 Å². The summed E-state index contributed by atoms with van der Waals surface area (Å²) < 4.78 is 0. The summed E-state index contributed by atoms with van der Waals surface area (Å²) in [6.45, 7) is 4.22. The average molecular weight is 287 g/mol. The molecule has 0 aliphatic carbocycles. The number of hydrogen-bond donors (Lipinski definition) is 2. The minimum Gasteiger partial charge on any atom is -0.347 e. The minimum absolute atomic E-state index is 0.00783. The molecule has 2 amide bonds. The number of carbonyl (C=O) groups is 2. The molecule has 2 fully saturated rings. The molecule has 3 atom stereocenters. The fourth-order valence-corrected chi connectivity index (χ4v) is 3.56. The predicted molar refractivity (Wildman–Crippen MR) is 79.4 cm³/mol. The first kappa shape index (κ1) is 14.1. The van der Waals surface area contributed by atoms with Crippen LogP contribution in [-0.4, -0.2) is 42.9 Å². The van der Waals surface area contributed by atoms with Gasteiger partial charge in [0.15, 0.2) is 0 Å². The summed E-state index contributed by atoms with van der Waals surface area (Å²) in [5, 5.41) is 6.04. The van der Waals surface area contributed by atoms with Gasteiger partial charge in [-0.25, -0.2) is 0 Å². The van der Waals surface area contributed by atoms with Gasteiger partial charge in [-0.05, 0) is 11.5 Å². The molecule has 0 spiro atoms. The lowest BCUT2D eigenvalue weighted by atomic mass is 9.89. The van der Waals surface area contributed by atoms with Gasteiger partial charge < -0.3 is 15.5 Å². The molecule has 1 aromatic rings. The number of fused-ring (bicyclic) bond motifs is 1. The lowest BCUT2D eigenvalue weighted by molar-refractivity contribution is -0.133. The van der Waals surface area contributed by atoms with Crippen LogP contribution in [0.5, 0.6) is 0 Å². The smallest absolute Gasteiger partial charge is 0.242 e. The molecule has 5 nitrogen and oxygen atoms in total. The summed E-state index contributed by atoms with van der Waals surface area (Å²) in [4.78, 5) is 25.4. The number of rotatable bonds is 3. The third-order valence-corrected chi connectivity index (χ3v) is 4.51. The van der Waals surface area contributed by atoms with Crippen LogP contribution in [0.25, 0.3) is 0 Å². The number of nitrogens with zero attached hydrogens (tertiary/aromatic N) is 1. The summed E-state index contributed by atoms with van der Waals surface area (Å²) >= 11 is 0. The first-order chi connectivity index (χ1) is 10.2. The highest BCUT2D eigenvalue weighted by atomic mass is 16.2. The van der Waals surface area contributed by atoms with Crippen LogP contribution in [0.15, 0.2) is 30.3 Å². The fourth-order valence-electron chi connectivity index (χ4n) is 3.56. The van der Waals surface area contributed by atoms with E-state index in [1.165, 1.54) is 12.5 Å². The molecule has 0 radical (unpaired) electrons. The third kappa shape index (κ3) is 2.78. The van der Waals surface area contributed by atoms with E-state index in [0.717, 1.165) is 19.6 Å². The van der Waals surface area contributed by atoms with Gasteiger partial charge in [0, 0.05) is 32.5 Å². The third-order valence-electron chi connectivity index (χ3n) is 4.51. The van der Waals surface area contributed by atoms with E-state index in [1.807, 2.05) is 23.1 Å². The second kappa shape index (κ2) is 5.85. The quantitative estimate of drug-likeness (QED) is 0.853. The molecule has 21 heavy (non-hydrogen) atoms. The zero-order chi connectivity index (χ0) is 14.8. The second-order valence-electron chi connectivity index (χ2n) is 5.89. The number of benzene rings is 1. The molecule has 2 aliphatic heterocycles. The highest BCUT2D eigenvalue weighted by Crippen LogP contribution is 2.42. The van der Waals surface area contributed by atoms with E-state index in [0.29, 0.717) is 11.8 Å².